The number of hydrogen-bond donors (Lipinski definition) is 1. The highest BCUT2D eigenvalue weighted by Crippen LogP contribution is 2.16. The fraction of sp³-hybridized carbons (Fsp3) is 0.0625. The molecule has 0 fully saturated rings. The summed E-state index contributed by atoms with van der Waals surface area (Å²) in [5.41, 5.74) is 6.10. The van der Waals surface area contributed by atoms with Gasteiger partial charge in [-0.3, -0.25) is 4.79 Å². The molecule has 0 atom stereocenters. The maximum absolute atomic E-state index is 12.9. The van der Waals surface area contributed by atoms with Gasteiger partial charge in [0.1, 0.15) is 18.2 Å². The van der Waals surface area contributed by atoms with E-state index in [0.29, 0.717) is 16.9 Å². The number of ether oxygens (including phenoxy) is 1. The van der Waals surface area contributed by atoms with Gasteiger partial charge in [0.15, 0.2) is 0 Å². The Labute approximate surface area is 116 Å². The average Bonchev–Trinajstić information content (AvgIpc) is 2.44. The van der Waals surface area contributed by atoms with Crippen molar-refractivity contribution in [3.8, 4) is 17.6 Å². The van der Waals surface area contributed by atoms with E-state index in [1.807, 2.05) is 0 Å². The van der Waals surface area contributed by atoms with Crippen LogP contribution in [0.5, 0.6) is 5.75 Å². The van der Waals surface area contributed by atoms with Gasteiger partial charge in [-0.15, -0.1) is 0 Å². The monoisotopic (exact) mass is 269 g/mol. The lowest BCUT2D eigenvalue weighted by atomic mass is 10.2. The summed E-state index contributed by atoms with van der Waals surface area (Å²) in [5, 5.41) is 0. The second-order valence-corrected chi connectivity index (χ2v) is 3.96. The third-order valence-electron chi connectivity index (χ3n) is 2.51. The van der Waals surface area contributed by atoms with E-state index in [-0.39, 0.29) is 12.4 Å². The van der Waals surface area contributed by atoms with Gasteiger partial charge in [-0.1, -0.05) is 30.0 Å². The number of rotatable bonds is 3. The molecule has 20 heavy (non-hydrogen) atoms. The summed E-state index contributed by atoms with van der Waals surface area (Å²) in [5.74, 6) is 5.02. The number of hydrogen-bond acceptors (Lipinski definition) is 2. The van der Waals surface area contributed by atoms with Crippen LogP contribution < -0.4 is 10.5 Å². The minimum absolute atomic E-state index is 0.0841. The molecule has 2 N–H and O–H groups in total. The third-order valence-corrected chi connectivity index (χ3v) is 2.51. The molecule has 0 aliphatic rings. The van der Waals surface area contributed by atoms with Gasteiger partial charge in [0.2, 0.25) is 0 Å². The fourth-order valence-electron chi connectivity index (χ4n) is 1.61. The number of carbonyl (C=O) groups is 1. The highest BCUT2D eigenvalue weighted by atomic mass is 19.1. The van der Waals surface area contributed by atoms with Crippen molar-refractivity contribution in [1.29, 1.82) is 0 Å². The van der Waals surface area contributed by atoms with Crippen molar-refractivity contribution >= 4 is 5.91 Å². The molecule has 0 aliphatic carbocycles. The number of primary amides is 1. The Bertz CT molecular complexity index is 686. The van der Waals surface area contributed by atoms with Crippen LogP contribution >= 0.6 is 0 Å². The minimum atomic E-state index is -0.557. The Morgan fingerprint density at radius 3 is 2.75 bits per heavy atom. The molecule has 2 aromatic rings. The largest absolute Gasteiger partial charge is 0.480 e. The molecule has 0 aromatic heterocycles. The number of halogens is 1. The molecular weight excluding hydrogens is 257 g/mol. The van der Waals surface area contributed by atoms with Crippen LogP contribution in [0.25, 0.3) is 0 Å². The van der Waals surface area contributed by atoms with E-state index < -0.39 is 5.91 Å². The van der Waals surface area contributed by atoms with Gasteiger partial charge >= 0.3 is 0 Å². The first kappa shape index (κ1) is 13.6. The molecule has 0 spiro atoms. The molecular formula is C16H12FNO2. The van der Waals surface area contributed by atoms with E-state index in [0.717, 1.165) is 0 Å². The Morgan fingerprint density at radius 2 is 2.00 bits per heavy atom. The van der Waals surface area contributed by atoms with Gasteiger partial charge in [-0.25, -0.2) is 4.39 Å². The smallest absolute Gasteiger partial charge is 0.252 e. The molecule has 0 heterocycles. The predicted octanol–water partition coefficient (Wildman–Crippen LogP) is 2.36. The molecule has 3 nitrogen and oxygen atoms in total. The maximum Gasteiger partial charge on any atom is 0.252 e. The maximum atomic E-state index is 12.9. The molecule has 0 unspecified atom stereocenters. The zero-order chi connectivity index (χ0) is 14.4. The quantitative estimate of drug-likeness (QED) is 0.870. The molecule has 0 bridgehead atoms. The molecule has 2 rings (SSSR count). The highest BCUT2D eigenvalue weighted by molar-refractivity contribution is 5.95. The minimum Gasteiger partial charge on any atom is -0.480 e. The second kappa shape index (κ2) is 6.39. The van der Waals surface area contributed by atoms with Crippen LogP contribution in [0.2, 0.25) is 0 Å². The number of amides is 1. The van der Waals surface area contributed by atoms with Crippen LogP contribution in [0, 0.1) is 17.7 Å². The molecule has 100 valence electrons. The van der Waals surface area contributed by atoms with E-state index in [1.165, 1.54) is 12.1 Å². The van der Waals surface area contributed by atoms with E-state index in [9.17, 15) is 9.18 Å². The van der Waals surface area contributed by atoms with Crippen LogP contribution in [-0.4, -0.2) is 12.5 Å². The van der Waals surface area contributed by atoms with Crippen molar-refractivity contribution in [2.24, 2.45) is 5.73 Å². The van der Waals surface area contributed by atoms with Crippen LogP contribution in [0.4, 0.5) is 4.39 Å². The van der Waals surface area contributed by atoms with E-state index in [2.05, 4.69) is 11.8 Å². The lowest BCUT2D eigenvalue weighted by Crippen LogP contribution is -2.13. The molecule has 0 saturated heterocycles. The Kier molecular flexibility index (Phi) is 4.35. The van der Waals surface area contributed by atoms with Gasteiger partial charge in [0, 0.05) is 5.56 Å². The number of nitrogens with two attached hydrogens (primary N) is 1. The zero-order valence-corrected chi connectivity index (χ0v) is 10.6. The number of para-hydroxylation sites is 1. The molecule has 4 heteroatoms. The van der Waals surface area contributed by atoms with Crippen molar-refractivity contribution in [3.63, 3.8) is 0 Å². The number of carbonyl (C=O) groups excluding carboxylic acids is 1. The van der Waals surface area contributed by atoms with Crippen LogP contribution in [0.3, 0.4) is 0 Å². The van der Waals surface area contributed by atoms with Crippen LogP contribution in [0.1, 0.15) is 15.9 Å². The lowest BCUT2D eigenvalue weighted by molar-refractivity contribution is 0.0997. The summed E-state index contributed by atoms with van der Waals surface area (Å²) in [6.45, 7) is 0.0841. The normalized spacial score (nSPS) is 9.45. The third kappa shape index (κ3) is 3.59. The highest BCUT2D eigenvalue weighted by Gasteiger charge is 2.06. The second-order valence-electron chi connectivity index (χ2n) is 3.96. The number of benzene rings is 2. The summed E-state index contributed by atoms with van der Waals surface area (Å²) in [6.07, 6.45) is 0. The van der Waals surface area contributed by atoms with Crippen molar-refractivity contribution in [2.75, 3.05) is 6.61 Å². The van der Waals surface area contributed by atoms with E-state index in [4.69, 9.17) is 10.5 Å². The molecule has 0 radical (unpaired) electrons. The summed E-state index contributed by atoms with van der Waals surface area (Å²) in [6, 6.07) is 12.6. The summed E-state index contributed by atoms with van der Waals surface area (Å²) in [4.78, 5) is 11.2. The predicted molar refractivity (Wildman–Crippen MR) is 73.7 cm³/mol. The van der Waals surface area contributed by atoms with Gasteiger partial charge in [-0.2, -0.15) is 0 Å². The van der Waals surface area contributed by atoms with Crippen LogP contribution in [-0.2, 0) is 0 Å². The summed E-state index contributed by atoms with van der Waals surface area (Å²) >= 11 is 0. The topological polar surface area (TPSA) is 52.3 Å². The fourth-order valence-corrected chi connectivity index (χ4v) is 1.61. The standard InChI is InChI=1S/C16H12FNO2/c17-13-7-3-5-12(11-13)6-4-10-20-15-9-2-1-8-14(15)16(18)19/h1-3,5,7-9,11H,10H2,(H2,18,19). The van der Waals surface area contributed by atoms with Gasteiger partial charge in [0.05, 0.1) is 5.56 Å². The average molecular weight is 269 g/mol. The Morgan fingerprint density at radius 1 is 1.20 bits per heavy atom. The van der Waals surface area contributed by atoms with Crippen molar-refractivity contribution < 1.29 is 13.9 Å². The first-order valence-electron chi connectivity index (χ1n) is 5.93. The first-order chi connectivity index (χ1) is 9.66. The molecule has 2 aromatic carbocycles. The Hall–Kier alpha value is -2.80. The SMILES string of the molecule is NC(=O)c1ccccc1OCC#Cc1cccc(F)c1. The summed E-state index contributed by atoms with van der Waals surface area (Å²) < 4.78 is 18.3. The molecule has 0 aliphatic heterocycles. The van der Waals surface area contributed by atoms with E-state index >= 15 is 0 Å². The summed E-state index contributed by atoms with van der Waals surface area (Å²) in [7, 11) is 0. The lowest BCUT2D eigenvalue weighted by Gasteiger charge is -2.05. The van der Waals surface area contributed by atoms with Gasteiger partial charge in [0.25, 0.3) is 5.91 Å². The first-order valence-corrected chi connectivity index (χ1v) is 5.93. The van der Waals surface area contributed by atoms with Crippen molar-refractivity contribution in [1.82, 2.24) is 0 Å². The Balaban J connectivity index is 2.02. The van der Waals surface area contributed by atoms with Crippen molar-refractivity contribution in [2.45, 2.75) is 0 Å². The molecule has 1 amide bonds. The van der Waals surface area contributed by atoms with Gasteiger partial charge in [-0.05, 0) is 30.3 Å². The van der Waals surface area contributed by atoms with E-state index in [1.54, 1.807) is 36.4 Å². The zero-order valence-electron chi connectivity index (χ0n) is 10.6. The molecule has 0 saturated carbocycles. The van der Waals surface area contributed by atoms with Gasteiger partial charge < -0.3 is 10.5 Å². The van der Waals surface area contributed by atoms with Crippen molar-refractivity contribution in [3.05, 3.63) is 65.5 Å². The van der Waals surface area contributed by atoms with Crippen LogP contribution in [0.15, 0.2) is 48.5 Å².